The molecule has 0 atom stereocenters. The average Bonchev–Trinajstić information content (AvgIpc) is 3.34. The normalized spacial score (nSPS) is 12.3. The van der Waals surface area contributed by atoms with Gasteiger partial charge in [-0.05, 0) is 49.9 Å². The second kappa shape index (κ2) is 42.4. The van der Waals surface area contributed by atoms with Crippen LogP contribution in [0.4, 0.5) is 0 Å². The summed E-state index contributed by atoms with van der Waals surface area (Å²) < 4.78 is 65.5. The van der Waals surface area contributed by atoms with Gasteiger partial charge in [0.05, 0.1) is 9.79 Å². The van der Waals surface area contributed by atoms with Crippen molar-refractivity contribution in [2.75, 3.05) is 26.2 Å². The first-order valence-corrected chi connectivity index (χ1v) is 34.1. The molecule has 0 N–H and O–H groups in total. The molecule has 10 heteroatoms. The molecule has 0 saturated carbocycles. The minimum absolute atomic E-state index is 0.177. The molecule has 0 unspecified atom stereocenters. The van der Waals surface area contributed by atoms with Gasteiger partial charge in [0, 0.05) is 46.3 Å². The smallest absolute Gasteiger partial charge is 0.207 e. The van der Waals surface area contributed by atoms with E-state index in [2.05, 4.69) is 59.6 Å². The van der Waals surface area contributed by atoms with Gasteiger partial charge in [0.25, 0.3) is 0 Å². The minimum atomic E-state index is -4.00. The molecule has 0 aromatic heterocycles. The topological polar surface area (TPSA) is 74.8 Å². The van der Waals surface area contributed by atoms with E-state index in [0.717, 1.165) is 77.0 Å². The zero-order valence-electron chi connectivity index (χ0n) is 45.7. The largest absolute Gasteiger partial charge is 0.243 e. The Morgan fingerprint density at radius 1 is 0.300 bits per heavy atom. The summed E-state index contributed by atoms with van der Waals surface area (Å²) in [5.74, 6) is 0. The molecule has 406 valence electrons. The fourth-order valence-corrected chi connectivity index (χ4v) is 14.5. The first kappa shape index (κ1) is 65.3. The molecule has 0 radical (unpaired) electrons. The number of rotatable bonds is 49. The molecule has 0 aliphatic heterocycles. The van der Waals surface area contributed by atoms with Crippen LogP contribution in [0.25, 0.3) is 11.1 Å². The van der Waals surface area contributed by atoms with E-state index in [-0.39, 0.29) is 9.79 Å². The number of nitrogens with zero attached hydrogens (tertiary/aromatic N) is 2. The lowest BCUT2D eigenvalue weighted by atomic mass is 10.1. The van der Waals surface area contributed by atoms with E-state index in [1.54, 1.807) is 20.7 Å². The number of halogens is 2. The Morgan fingerprint density at radius 2 is 0.486 bits per heavy atom. The first-order chi connectivity index (χ1) is 34.0. The molecular formula is C60H106Br2N2O4S2. The van der Waals surface area contributed by atoms with Crippen LogP contribution in [0.1, 0.15) is 285 Å². The standard InChI is InChI=1S/C60H106Br2N2O4S2/c1-5-9-13-17-21-25-29-33-37-41-49-63(50-42-38-34-30-26-22-18-14-10-6-2)69(65,66)59-53-55(61)45-47-57(59)58-48-46-56(62)54-60(58)70(67,68)64(51-43-39-35-31-27-23-19-15-11-7-3)52-44-40-36-32-28-24-20-16-12-8-4/h45-48,53-54H,5-44,49-52H2,1-4H3. The molecule has 0 heterocycles. The van der Waals surface area contributed by atoms with Gasteiger partial charge in [-0.1, -0.05) is 303 Å². The van der Waals surface area contributed by atoms with E-state index in [4.69, 9.17) is 0 Å². The molecule has 0 saturated heterocycles. The van der Waals surface area contributed by atoms with E-state index in [9.17, 15) is 0 Å². The van der Waals surface area contributed by atoms with Crippen LogP contribution in [0.3, 0.4) is 0 Å². The number of hydrogen-bond acceptors (Lipinski definition) is 4. The Kier molecular flexibility index (Phi) is 39.6. The van der Waals surface area contributed by atoms with Crippen LogP contribution < -0.4 is 0 Å². The second-order valence-corrected chi connectivity index (χ2v) is 26.5. The molecular weight excluding hydrogens is 1040 g/mol. The van der Waals surface area contributed by atoms with Crippen LogP contribution >= 0.6 is 31.9 Å². The first-order valence-electron chi connectivity index (χ1n) is 29.6. The molecule has 2 aromatic rings. The van der Waals surface area contributed by atoms with Crippen molar-refractivity contribution in [3.05, 3.63) is 45.3 Å². The summed E-state index contributed by atoms with van der Waals surface area (Å²) >= 11 is 7.26. The monoisotopic (exact) mass is 1140 g/mol. The van der Waals surface area contributed by atoms with Gasteiger partial charge >= 0.3 is 0 Å². The van der Waals surface area contributed by atoms with Crippen LogP contribution in [0, 0.1) is 0 Å². The molecule has 0 aliphatic rings. The van der Waals surface area contributed by atoms with Crippen molar-refractivity contribution in [1.29, 1.82) is 0 Å². The van der Waals surface area contributed by atoms with Gasteiger partial charge in [-0.2, -0.15) is 8.61 Å². The van der Waals surface area contributed by atoms with E-state index in [1.165, 1.54) is 180 Å². The highest BCUT2D eigenvalue weighted by Crippen LogP contribution is 2.38. The average molecular weight is 1140 g/mol. The van der Waals surface area contributed by atoms with E-state index in [1.807, 2.05) is 24.3 Å². The third-order valence-corrected chi connectivity index (χ3v) is 19.3. The zero-order valence-corrected chi connectivity index (χ0v) is 50.5. The second-order valence-electron chi connectivity index (χ2n) is 20.8. The summed E-state index contributed by atoms with van der Waals surface area (Å²) in [6, 6.07) is 10.7. The summed E-state index contributed by atoms with van der Waals surface area (Å²) in [5.41, 5.74) is 0.895. The minimum Gasteiger partial charge on any atom is -0.207 e. The molecule has 0 aliphatic carbocycles. The Bertz CT molecular complexity index is 1610. The van der Waals surface area contributed by atoms with Crippen LogP contribution in [0.5, 0.6) is 0 Å². The molecule has 0 spiro atoms. The van der Waals surface area contributed by atoms with Crippen molar-refractivity contribution >= 4 is 51.9 Å². The maximum absolute atomic E-state index is 15.2. The van der Waals surface area contributed by atoms with E-state index < -0.39 is 20.0 Å². The van der Waals surface area contributed by atoms with Gasteiger partial charge in [0.15, 0.2) is 0 Å². The molecule has 2 aromatic carbocycles. The van der Waals surface area contributed by atoms with E-state index in [0.29, 0.717) is 46.3 Å². The lowest BCUT2D eigenvalue weighted by molar-refractivity contribution is 0.382. The summed E-state index contributed by atoms with van der Waals surface area (Å²) in [4.78, 5) is 0.353. The van der Waals surface area contributed by atoms with Crippen molar-refractivity contribution in [3.8, 4) is 11.1 Å². The molecule has 2 rings (SSSR count). The van der Waals surface area contributed by atoms with Crippen molar-refractivity contribution in [2.45, 2.75) is 294 Å². The molecule has 0 bridgehead atoms. The SMILES string of the molecule is CCCCCCCCCCCCN(CCCCCCCCCCCC)S(=O)(=O)c1cc(Br)ccc1-c1ccc(Br)cc1S(=O)(=O)N(CCCCCCCCCCCC)CCCCCCCCCCCC. The van der Waals surface area contributed by atoms with Crippen molar-refractivity contribution in [2.24, 2.45) is 0 Å². The number of unbranched alkanes of at least 4 members (excludes halogenated alkanes) is 36. The summed E-state index contributed by atoms with van der Waals surface area (Å²) in [5, 5.41) is 0. The lowest BCUT2D eigenvalue weighted by Gasteiger charge is -2.26. The van der Waals surface area contributed by atoms with Crippen molar-refractivity contribution < 1.29 is 16.8 Å². The third-order valence-electron chi connectivity index (χ3n) is 14.5. The van der Waals surface area contributed by atoms with Gasteiger partial charge < -0.3 is 0 Å². The van der Waals surface area contributed by atoms with Crippen molar-refractivity contribution in [1.82, 2.24) is 8.61 Å². The Hall–Kier alpha value is -0.780. The summed E-state index contributed by atoms with van der Waals surface area (Å²) in [6.45, 7) is 10.9. The summed E-state index contributed by atoms with van der Waals surface area (Å²) in [7, 11) is -7.99. The molecule has 6 nitrogen and oxygen atoms in total. The number of benzene rings is 2. The highest BCUT2D eigenvalue weighted by molar-refractivity contribution is 9.10. The van der Waals surface area contributed by atoms with Gasteiger partial charge in [0.1, 0.15) is 0 Å². The van der Waals surface area contributed by atoms with E-state index >= 15 is 16.8 Å². The van der Waals surface area contributed by atoms with Crippen LogP contribution in [-0.4, -0.2) is 51.6 Å². The number of sulfonamides is 2. The third kappa shape index (κ3) is 28.8. The van der Waals surface area contributed by atoms with Crippen LogP contribution in [-0.2, 0) is 20.0 Å². The molecule has 0 amide bonds. The Labute approximate surface area is 451 Å². The maximum Gasteiger partial charge on any atom is 0.243 e. The Balaban J connectivity index is 2.37. The highest BCUT2D eigenvalue weighted by Gasteiger charge is 2.32. The summed E-state index contributed by atoms with van der Waals surface area (Å²) in [6.07, 6.45) is 47.6. The maximum atomic E-state index is 15.2. The molecule has 70 heavy (non-hydrogen) atoms. The molecule has 0 fully saturated rings. The quantitative estimate of drug-likeness (QED) is 0.0619. The Morgan fingerprint density at radius 3 is 0.686 bits per heavy atom. The van der Waals surface area contributed by atoms with Crippen molar-refractivity contribution in [3.63, 3.8) is 0 Å². The number of hydrogen-bond donors (Lipinski definition) is 0. The fraction of sp³-hybridized carbons (Fsp3) is 0.800. The van der Waals surface area contributed by atoms with Crippen LogP contribution in [0.2, 0.25) is 0 Å². The van der Waals surface area contributed by atoms with Gasteiger partial charge in [-0.25, -0.2) is 16.8 Å². The van der Waals surface area contributed by atoms with Crippen LogP contribution in [0.15, 0.2) is 55.1 Å². The van der Waals surface area contributed by atoms with Gasteiger partial charge in [-0.15, -0.1) is 0 Å². The van der Waals surface area contributed by atoms with Gasteiger partial charge in [-0.3, -0.25) is 0 Å². The fourth-order valence-electron chi connectivity index (χ4n) is 9.95. The highest BCUT2D eigenvalue weighted by atomic mass is 79.9. The lowest BCUT2D eigenvalue weighted by Crippen LogP contribution is -2.34. The zero-order chi connectivity index (χ0) is 51.0. The predicted molar refractivity (Wildman–Crippen MR) is 312 cm³/mol. The predicted octanol–water partition coefficient (Wildman–Crippen LogP) is 20.5. The van der Waals surface area contributed by atoms with Gasteiger partial charge in [0.2, 0.25) is 20.0 Å².